The number of hydrogen-bond acceptors (Lipinski definition) is 2. The maximum atomic E-state index is 5.71. The lowest BCUT2D eigenvalue weighted by atomic mass is 10.1. The summed E-state index contributed by atoms with van der Waals surface area (Å²) in [7, 11) is 0. The normalized spacial score (nSPS) is 10.4. The molecule has 1 N–H and O–H groups in total. The Hall–Kier alpha value is -0.990. The molecule has 2 aromatic rings. The summed E-state index contributed by atoms with van der Waals surface area (Å²) in [5.41, 5.74) is 2.53. The van der Waals surface area contributed by atoms with Gasteiger partial charge in [0, 0.05) is 23.0 Å². The van der Waals surface area contributed by atoms with Crippen LogP contribution in [0.5, 0.6) is 0 Å². The number of thiophene rings is 1. The quantitative estimate of drug-likeness (QED) is 0.757. The lowest BCUT2D eigenvalue weighted by Gasteiger charge is -2.07. The van der Waals surface area contributed by atoms with Gasteiger partial charge in [-0.25, -0.2) is 0 Å². The summed E-state index contributed by atoms with van der Waals surface area (Å²) in [4.78, 5) is 1.36. The number of alkyl halides is 1. The van der Waals surface area contributed by atoms with E-state index in [-0.39, 0.29) is 0 Å². The zero-order valence-electron chi connectivity index (χ0n) is 9.66. The summed E-state index contributed by atoms with van der Waals surface area (Å²) < 4.78 is 0. The Bertz CT molecular complexity index is 439. The summed E-state index contributed by atoms with van der Waals surface area (Å²) >= 11 is 7.49. The van der Waals surface area contributed by atoms with Gasteiger partial charge < -0.3 is 5.32 Å². The van der Waals surface area contributed by atoms with E-state index in [1.165, 1.54) is 16.1 Å². The molecule has 1 heterocycles. The molecule has 0 bridgehead atoms. The topological polar surface area (TPSA) is 12.0 Å². The van der Waals surface area contributed by atoms with Crippen LogP contribution in [0.1, 0.15) is 16.9 Å². The van der Waals surface area contributed by atoms with E-state index < -0.39 is 0 Å². The predicted molar refractivity (Wildman–Crippen MR) is 77.1 cm³/mol. The molecule has 0 atom stereocenters. The first-order valence-electron chi connectivity index (χ1n) is 5.79. The molecule has 0 radical (unpaired) electrons. The number of rotatable bonds is 6. The van der Waals surface area contributed by atoms with Crippen LogP contribution in [0.2, 0.25) is 0 Å². The summed E-state index contributed by atoms with van der Waals surface area (Å²) in [5.74, 6) is 0.729. The van der Waals surface area contributed by atoms with Crippen molar-refractivity contribution in [1.29, 1.82) is 0 Å². The van der Waals surface area contributed by atoms with Crippen molar-refractivity contribution in [3.05, 3.63) is 52.2 Å². The number of halogens is 1. The molecular weight excluding hydrogens is 250 g/mol. The van der Waals surface area contributed by atoms with Crippen LogP contribution >= 0.6 is 22.9 Å². The average molecular weight is 266 g/mol. The van der Waals surface area contributed by atoms with E-state index in [2.05, 4.69) is 47.1 Å². The Morgan fingerprint density at radius 2 is 2.12 bits per heavy atom. The fraction of sp³-hybridized carbons (Fsp3) is 0.286. The third kappa shape index (κ3) is 4.06. The van der Waals surface area contributed by atoms with Crippen molar-refractivity contribution >= 4 is 28.6 Å². The van der Waals surface area contributed by atoms with E-state index in [9.17, 15) is 0 Å². The van der Waals surface area contributed by atoms with Crippen molar-refractivity contribution in [2.45, 2.75) is 19.4 Å². The first-order chi connectivity index (χ1) is 8.38. The zero-order chi connectivity index (χ0) is 11.9. The fourth-order valence-electron chi connectivity index (χ4n) is 1.71. The molecule has 0 saturated carbocycles. The summed E-state index contributed by atoms with van der Waals surface area (Å²) in [6.07, 6.45) is 2.09. The molecule has 0 aliphatic heterocycles. The Morgan fingerprint density at radius 3 is 2.88 bits per heavy atom. The Morgan fingerprint density at radius 1 is 1.18 bits per heavy atom. The lowest BCUT2D eigenvalue weighted by molar-refractivity contribution is 0.928. The highest BCUT2D eigenvalue weighted by Gasteiger charge is 1.97. The van der Waals surface area contributed by atoms with Crippen LogP contribution in [-0.4, -0.2) is 5.88 Å². The maximum Gasteiger partial charge on any atom is 0.0494 e. The molecule has 2 rings (SSSR count). The molecular formula is C14H16ClNS. The summed E-state index contributed by atoms with van der Waals surface area (Å²) in [6, 6.07) is 12.8. The minimum Gasteiger partial charge on any atom is -0.380 e. The van der Waals surface area contributed by atoms with Gasteiger partial charge in [-0.3, -0.25) is 0 Å². The monoisotopic (exact) mass is 265 g/mol. The number of nitrogens with one attached hydrogen (secondary N) is 1. The van der Waals surface area contributed by atoms with Gasteiger partial charge in [0.15, 0.2) is 0 Å². The number of aryl methyl sites for hydroxylation is 1. The van der Waals surface area contributed by atoms with Crippen LogP contribution in [0.15, 0.2) is 41.8 Å². The molecule has 0 spiro atoms. The molecule has 3 heteroatoms. The molecule has 1 aromatic carbocycles. The van der Waals surface area contributed by atoms with Crippen molar-refractivity contribution in [2.75, 3.05) is 11.2 Å². The highest BCUT2D eigenvalue weighted by molar-refractivity contribution is 7.09. The Labute approximate surface area is 111 Å². The van der Waals surface area contributed by atoms with Gasteiger partial charge >= 0.3 is 0 Å². The average Bonchev–Trinajstić information content (AvgIpc) is 2.87. The van der Waals surface area contributed by atoms with Crippen molar-refractivity contribution in [3.8, 4) is 0 Å². The van der Waals surface area contributed by atoms with E-state index in [1.807, 2.05) is 0 Å². The van der Waals surface area contributed by atoms with Crippen LogP contribution in [0.4, 0.5) is 5.69 Å². The molecule has 17 heavy (non-hydrogen) atoms. The smallest absolute Gasteiger partial charge is 0.0494 e. The van der Waals surface area contributed by atoms with Crippen molar-refractivity contribution < 1.29 is 0 Å². The third-order valence-electron chi connectivity index (χ3n) is 2.57. The molecule has 0 fully saturated rings. The molecule has 0 aliphatic rings. The largest absolute Gasteiger partial charge is 0.380 e. The van der Waals surface area contributed by atoms with Gasteiger partial charge in [-0.2, -0.15) is 0 Å². The first kappa shape index (κ1) is 12.5. The second-order valence-electron chi connectivity index (χ2n) is 3.93. The van der Waals surface area contributed by atoms with Gasteiger partial charge in [-0.15, -0.1) is 22.9 Å². The molecule has 1 aromatic heterocycles. The highest BCUT2D eigenvalue weighted by Crippen LogP contribution is 2.15. The highest BCUT2D eigenvalue weighted by atomic mass is 35.5. The Balaban J connectivity index is 1.91. The van der Waals surface area contributed by atoms with E-state index in [0.717, 1.165) is 25.3 Å². The third-order valence-corrected chi connectivity index (χ3v) is 3.72. The fourth-order valence-corrected chi connectivity index (χ4v) is 2.49. The molecule has 1 nitrogen and oxygen atoms in total. The molecule has 0 aliphatic carbocycles. The van der Waals surface area contributed by atoms with Crippen LogP contribution in [0, 0.1) is 0 Å². The Kier molecular flexibility index (Phi) is 4.89. The van der Waals surface area contributed by atoms with E-state index in [0.29, 0.717) is 0 Å². The number of anilines is 1. The van der Waals surface area contributed by atoms with Crippen LogP contribution in [0.3, 0.4) is 0 Å². The molecule has 0 unspecified atom stereocenters. The summed E-state index contributed by atoms with van der Waals surface area (Å²) in [6.45, 7) is 0.899. The standard InChI is InChI=1S/C14H16ClNS/c15-8-2-5-12-4-1-6-13(10-12)16-11-14-7-3-9-17-14/h1,3-4,6-7,9-10,16H,2,5,8,11H2. The minimum atomic E-state index is 0.729. The second kappa shape index (κ2) is 6.67. The molecule has 0 amide bonds. The van der Waals surface area contributed by atoms with E-state index >= 15 is 0 Å². The van der Waals surface area contributed by atoms with E-state index in [1.54, 1.807) is 11.3 Å². The van der Waals surface area contributed by atoms with Gasteiger partial charge in [-0.05, 0) is 42.0 Å². The van der Waals surface area contributed by atoms with Crippen molar-refractivity contribution in [3.63, 3.8) is 0 Å². The first-order valence-corrected chi connectivity index (χ1v) is 7.21. The minimum absolute atomic E-state index is 0.729. The van der Waals surface area contributed by atoms with Crippen LogP contribution in [-0.2, 0) is 13.0 Å². The molecule has 0 saturated heterocycles. The lowest BCUT2D eigenvalue weighted by Crippen LogP contribution is -1.98. The van der Waals surface area contributed by atoms with Gasteiger partial charge in [0.25, 0.3) is 0 Å². The van der Waals surface area contributed by atoms with Gasteiger partial charge in [0.1, 0.15) is 0 Å². The predicted octanol–water partition coefficient (Wildman–Crippen LogP) is 4.53. The molecule has 90 valence electrons. The van der Waals surface area contributed by atoms with E-state index in [4.69, 9.17) is 11.6 Å². The second-order valence-corrected chi connectivity index (χ2v) is 5.34. The zero-order valence-corrected chi connectivity index (χ0v) is 11.2. The number of benzene rings is 1. The van der Waals surface area contributed by atoms with Gasteiger partial charge in [0.05, 0.1) is 0 Å². The van der Waals surface area contributed by atoms with Crippen LogP contribution < -0.4 is 5.32 Å². The SMILES string of the molecule is ClCCCc1cccc(NCc2cccs2)c1. The van der Waals surface area contributed by atoms with Crippen molar-refractivity contribution in [2.24, 2.45) is 0 Å². The van der Waals surface area contributed by atoms with Gasteiger partial charge in [-0.1, -0.05) is 18.2 Å². The summed E-state index contributed by atoms with van der Waals surface area (Å²) in [5, 5.41) is 5.55. The number of hydrogen-bond donors (Lipinski definition) is 1. The van der Waals surface area contributed by atoms with Crippen LogP contribution in [0.25, 0.3) is 0 Å². The maximum absolute atomic E-state index is 5.71. The van der Waals surface area contributed by atoms with Crippen molar-refractivity contribution in [1.82, 2.24) is 0 Å². The van der Waals surface area contributed by atoms with Gasteiger partial charge in [0.2, 0.25) is 0 Å².